The van der Waals surface area contributed by atoms with Crippen LogP contribution in [0.3, 0.4) is 0 Å². The van der Waals surface area contributed by atoms with Gasteiger partial charge in [-0.1, -0.05) is 55.3 Å². The zero-order valence-corrected chi connectivity index (χ0v) is 15.4. The highest BCUT2D eigenvalue weighted by molar-refractivity contribution is 6.06. The summed E-state index contributed by atoms with van der Waals surface area (Å²) in [7, 11) is 0. The average Bonchev–Trinajstić information content (AvgIpc) is 2.90. The standard InChI is InChI=1S/C24H24O3/c25-20-15-18(16-9-3-1-4-10-16)19-12-5-2-8-14-24(19)22(20)23(26)17-11-6-7-13-21(17)27-24/h1,3-4,6-7,9-11,13,18-19,26H,2,5,8,12,14-15H2/t18-,19-,24+/m0/s1. The van der Waals surface area contributed by atoms with Crippen LogP contribution in [0.2, 0.25) is 0 Å². The Labute approximate surface area is 159 Å². The van der Waals surface area contributed by atoms with Gasteiger partial charge >= 0.3 is 0 Å². The summed E-state index contributed by atoms with van der Waals surface area (Å²) in [6.45, 7) is 0. The van der Waals surface area contributed by atoms with E-state index in [9.17, 15) is 9.90 Å². The van der Waals surface area contributed by atoms with Gasteiger partial charge in [0.25, 0.3) is 0 Å². The Bertz CT molecular complexity index is 914. The molecule has 0 bridgehead atoms. The lowest BCUT2D eigenvalue weighted by molar-refractivity contribution is -0.123. The van der Waals surface area contributed by atoms with Crippen LogP contribution in [0.1, 0.15) is 55.6 Å². The SMILES string of the molecule is O=C1C[C@@H](c2ccccc2)[C@@H]2CCCCC[C@@]23Oc2ccccc2C(O)=C13. The molecule has 3 aliphatic rings. The molecule has 1 heterocycles. The van der Waals surface area contributed by atoms with E-state index in [-0.39, 0.29) is 23.4 Å². The second-order valence-corrected chi connectivity index (χ2v) is 8.06. The molecule has 5 rings (SSSR count). The minimum atomic E-state index is -0.704. The molecular weight excluding hydrogens is 336 g/mol. The second-order valence-electron chi connectivity index (χ2n) is 8.06. The van der Waals surface area contributed by atoms with Gasteiger partial charge in [-0.05, 0) is 42.9 Å². The molecule has 1 N–H and O–H groups in total. The first-order chi connectivity index (χ1) is 13.2. The van der Waals surface area contributed by atoms with Crippen molar-refractivity contribution in [2.24, 2.45) is 5.92 Å². The van der Waals surface area contributed by atoms with Crippen LogP contribution in [0.4, 0.5) is 0 Å². The molecule has 1 aliphatic heterocycles. The number of hydrogen-bond donors (Lipinski definition) is 1. The van der Waals surface area contributed by atoms with Crippen molar-refractivity contribution in [1.82, 2.24) is 0 Å². The highest BCUT2D eigenvalue weighted by Crippen LogP contribution is 2.56. The van der Waals surface area contributed by atoms with Crippen molar-refractivity contribution in [1.29, 1.82) is 0 Å². The summed E-state index contributed by atoms with van der Waals surface area (Å²) >= 11 is 0. The molecule has 2 fully saturated rings. The van der Waals surface area contributed by atoms with Gasteiger partial charge in [-0.25, -0.2) is 0 Å². The lowest BCUT2D eigenvalue weighted by atomic mass is 9.60. The normalized spacial score (nSPS) is 29.9. The van der Waals surface area contributed by atoms with Crippen molar-refractivity contribution in [2.75, 3.05) is 0 Å². The van der Waals surface area contributed by atoms with Crippen LogP contribution in [0.25, 0.3) is 5.76 Å². The molecule has 0 aromatic heterocycles. The van der Waals surface area contributed by atoms with Crippen molar-refractivity contribution < 1.29 is 14.6 Å². The summed E-state index contributed by atoms with van der Waals surface area (Å²) in [5.41, 5.74) is 1.68. The van der Waals surface area contributed by atoms with Crippen molar-refractivity contribution in [3.05, 3.63) is 71.3 Å². The molecular formula is C24H24O3. The number of carbonyl (C=O) groups excluding carboxylic acids is 1. The number of Topliss-reactive ketones (excluding diaryl/α,β-unsaturated/α-hetero) is 1. The van der Waals surface area contributed by atoms with Crippen LogP contribution in [-0.4, -0.2) is 16.5 Å². The Morgan fingerprint density at radius 2 is 1.74 bits per heavy atom. The predicted molar refractivity (Wildman–Crippen MR) is 105 cm³/mol. The van der Waals surface area contributed by atoms with E-state index < -0.39 is 5.60 Å². The molecule has 2 saturated carbocycles. The number of rotatable bonds is 1. The van der Waals surface area contributed by atoms with E-state index >= 15 is 0 Å². The molecule has 0 amide bonds. The number of hydrogen-bond acceptors (Lipinski definition) is 3. The highest BCUT2D eigenvalue weighted by atomic mass is 16.5. The number of ether oxygens (including phenoxy) is 1. The highest BCUT2D eigenvalue weighted by Gasteiger charge is 2.57. The molecule has 2 aliphatic carbocycles. The number of benzene rings is 2. The van der Waals surface area contributed by atoms with Gasteiger partial charge in [-0.15, -0.1) is 0 Å². The quantitative estimate of drug-likeness (QED) is 0.738. The molecule has 3 atom stereocenters. The topological polar surface area (TPSA) is 46.5 Å². The third kappa shape index (κ3) is 2.44. The Balaban J connectivity index is 1.71. The summed E-state index contributed by atoms with van der Waals surface area (Å²) in [6, 6.07) is 17.9. The third-order valence-corrected chi connectivity index (χ3v) is 6.65. The van der Waals surface area contributed by atoms with Gasteiger partial charge in [0.15, 0.2) is 5.78 Å². The summed E-state index contributed by atoms with van der Waals surface area (Å²) < 4.78 is 6.66. The van der Waals surface area contributed by atoms with Crippen LogP contribution in [0.5, 0.6) is 5.75 Å². The van der Waals surface area contributed by atoms with Gasteiger partial charge < -0.3 is 9.84 Å². The van der Waals surface area contributed by atoms with Crippen LogP contribution in [0, 0.1) is 5.92 Å². The maximum absolute atomic E-state index is 13.3. The fraction of sp³-hybridized carbons (Fsp3) is 0.375. The summed E-state index contributed by atoms with van der Waals surface area (Å²) in [5, 5.41) is 11.1. The number of aliphatic hydroxyl groups excluding tert-OH is 1. The van der Waals surface area contributed by atoms with Crippen molar-refractivity contribution >= 4 is 11.5 Å². The first-order valence-corrected chi connectivity index (χ1v) is 10.0. The molecule has 3 nitrogen and oxygen atoms in total. The maximum atomic E-state index is 13.3. The van der Waals surface area contributed by atoms with Gasteiger partial charge in [0, 0.05) is 12.3 Å². The molecule has 0 saturated heterocycles. The van der Waals surface area contributed by atoms with Gasteiger partial charge in [-0.2, -0.15) is 0 Å². The Morgan fingerprint density at radius 1 is 0.963 bits per heavy atom. The Hall–Kier alpha value is -2.55. The van der Waals surface area contributed by atoms with E-state index in [1.165, 1.54) is 5.56 Å². The lowest BCUT2D eigenvalue weighted by Crippen LogP contribution is -2.55. The minimum absolute atomic E-state index is 0.0361. The van der Waals surface area contributed by atoms with E-state index in [2.05, 4.69) is 12.1 Å². The average molecular weight is 360 g/mol. The Morgan fingerprint density at radius 3 is 2.59 bits per heavy atom. The maximum Gasteiger partial charge on any atom is 0.167 e. The second kappa shape index (κ2) is 6.26. The molecule has 138 valence electrons. The molecule has 2 aromatic rings. The van der Waals surface area contributed by atoms with E-state index in [0.29, 0.717) is 23.3 Å². The van der Waals surface area contributed by atoms with Gasteiger partial charge in [0.1, 0.15) is 17.1 Å². The summed E-state index contributed by atoms with van der Waals surface area (Å²) in [4.78, 5) is 13.3. The van der Waals surface area contributed by atoms with Crippen molar-refractivity contribution in [2.45, 2.75) is 50.0 Å². The van der Waals surface area contributed by atoms with Crippen LogP contribution < -0.4 is 4.74 Å². The van der Waals surface area contributed by atoms with Crippen LogP contribution in [-0.2, 0) is 4.79 Å². The minimum Gasteiger partial charge on any atom is -0.507 e. The fourth-order valence-corrected chi connectivity index (χ4v) is 5.51. The first-order valence-electron chi connectivity index (χ1n) is 10.0. The third-order valence-electron chi connectivity index (χ3n) is 6.65. The zero-order valence-electron chi connectivity index (χ0n) is 15.4. The van der Waals surface area contributed by atoms with Gasteiger partial charge in [0.05, 0.1) is 11.1 Å². The molecule has 0 unspecified atom stereocenters. The van der Waals surface area contributed by atoms with E-state index in [1.807, 2.05) is 42.5 Å². The summed E-state index contributed by atoms with van der Waals surface area (Å²) in [5.74, 6) is 1.21. The predicted octanol–water partition coefficient (Wildman–Crippen LogP) is 5.42. The fourth-order valence-electron chi connectivity index (χ4n) is 5.51. The largest absolute Gasteiger partial charge is 0.507 e. The Kier molecular flexibility index (Phi) is 3.85. The number of aliphatic hydroxyl groups is 1. The number of para-hydroxylation sites is 1. The van der Waals surface area contributed by atoms with Crippen LogP contribution >= 0.6 is 0 Å². The number of fused-ring (bicyclic) bond motifs is 1. The van der Waals surface area contributed by atoms with Crippen molar-refractivity contribution in [3.63, 3.8) is 0 Å². The monoisotopic (exact) mass is 360 g/mol. The number of carbonyl (C=O) groups is 1. The molecule has 27 heavy (non-hydrogen) atoms. The zero-order chi connectivity index (χ0) is 18.4. The molecule has 0 radical (unpaired) electrons. The van der Waals surface area contributed by atoms with Gasteiger partial charge in [0.2, 0.25) is 0 Å². The molecule has 3 heteroatoms. The van der Waals surface area contributed by atoms with E-state index in [4.69, 9.17) is 4.74 Å². The van der Waals surface area contributed by atoms with E-state index in [0.717, 1.165) is 32.1 Å². The smallest absolute Gasteiger partial charge is 0.167 e. The first kappa shape index (κ1) is 16.6. The number of ketones is 1. The van der Waals surface area contributed by atoms with Crippen molar-refractivity contribution in [3.8, 4) is 5.75 Å². The summed E-state index contributed by atoms with van der Waals surface area (Å²) in [6.07, 6.45) is 5.56. The van der Waals surface area contributed by atoms with E-state index in [1.54, 1.807) is 0 Å². The molecule has 1 spiro atoms. The van der Waals surface area contributed by atoms with Crippen LogP contribution in [0.15, 0.2) is 60.2 Å². The molecule has 2 aromatic carbocycles. The van der Waals surface area contributed by atoms with Gasteiger partial charge in [-0.3, -0.25) is 4.79 Å². The lowest BCUT2D eigenvalue weighted by Gasteiger charge is -2.50.